The van der Waals surface area contributed by atoms with Crippen molar-refractivity contribution in [2.24, 2.45) is 0 Å². The molecule has 1 N–H and O–H groups in total. The molecule has 24 heavy (non-hydrogen) atoms. The topological polar surface area (TPSA) is 101 Å². The Hall–Kier alpha value is -0.840. The first-order chi connectivity index (χ1) is 11.0. The van der Waals surface area contributed by atoms with Crippen LogP contribution in [0, 0.1) is 0 Å². The molecule has 3 rings (SSSR count). The van der Waals surface area contributed by atoms with Gasteiger partial charge in [0.05, 0.1) is 23.3 Å². The molecular weight excluding hydrogens is 363 g/mol. The van der Waals surface area contributed by atoms with Crippen LogP contribution in [0.25, 0.3) is 0 Å². The second-order valence-corrected chi connectivity index (χ2v) is 7.12. The summed E-state index contributed by atoms with van der Waals surface area (Å²) in [5.74, 6) is -1.97. The fourth-order valence-electron chi connectivity index (χ4n) is 2.77. The number of thiophene rings is 1. The summed E-state index contributed by atoms with van der Waals surface area (Å²) in [5.41, 5.74) is -0.0178. The van der Waals surface area contributed by atoms with Crippen LogP contribution in [0.4, 0.5) is 5.00 Å². The summed E-state index contributed by atoms with van der Waals surface area (Å²) < 4.78 is 0. The number of carboxylic acids is 1. The minimum absolute atomic E-state index is 0. The summed E-state index contributed by atoms with van der Waals surface area (Å²) >= 11 is 2.66. The van der Waals surface area contributed by atoms with Gasteiger partial charge in [0.1, 0.15) is 11.4 Å². The second kappa shape index (κ2) is 7.59. The first kappa shape index (κ1) is 19.5. The Morgan fingerprint density at radius 3 is 2.71 bits per heavy atom. The van der Waals surface area contributed by atoms with E-state index in [-0.39, 0.29) is 52.5 Å². The van der Waals surface area contributed by atoms with Crippen molar-refractivity contribution in [1.29, 1.82) is 0 Å². The van der Waals surface area contributed by atoms with E-state index in [9.17, 15) is 24.6 Å². The van der Waals surface area contributed by atoms with E-state index in [1.54, 1.807) is 17.5 Å². The fourth-order valence-corrected chi connectivity index (χ4v) is 4.96. The average Bonchev–Trinajstić information content (AvgIpc) is 3.03. The monoisotopic (exact) mass is 376 g/mol. The number of anilines is 1. The minimum Gasteiger partial charge on any atom is -0.543 e. The number of rotatable bonds is 4. The molecule has 0 aliphatic carbocycles. The first-order valence-corrected chi connectivity index (χ1v) is 8.72. The van der Waals surface area contributed by atoms with Crippen LogP contribution in [0.5, 0.6) is 0 Å². The van der Waals surface area contributed by atoms with E-state index < -0.39 is 29.9 Å². The number of nitrogens with zero attached hydrogens (tertiary/aromatic N) is 2. The minimum atomic E-state index is -1.49. The number of fused-ring (bicyclic) bond motifs is 1. The van der Waals surface area contributed by atoms with E-state index in [1.807, 2.05) is 0 Å². The van der Waals surface area contributed by atoms with Crippen molar-refractivity contribution in [2.45, 2.75) is 18.3 Å². The molecule has 2 aliphatic heterocycles. The van der Waals surface area contributed by atoms with Crippen LogP contribution in [0.3, 0.4) is 0 Å². The molecule has 0 unspecified atom stereocenters. The zero-order chi connectivity index (χ0) is 16.7. The van der Waals surface area contributed by atoms with Crippen LogP contribution < -0.4 is 39.6 Å². The number of carbonyl (C=O) groups is 3. The summed E-state index contributed by atoms with van der Waals surface area (Å²) in [6.07, 6.45) is 0. The summed E-state index contributed by atoms with van der Waals surface area (Å²) in [5, 5.41) is 22.6. The molecule has 1 aromatic rings. The standard InChI is InChI=1S/C14H14N2O5S2.Na/c1-7(18)15(9-3-2-4-22-9)11-12(19)16-10(14(20)21)8(5-17)6-23-13(11)16;/h2-4,11,13,17H,5-6H2,1H3,(H,20,21);/q;+1/p-1/t11-,13+;/m1./s1. The van der Waals surface area contributed by atoms with Gasteiger partial charge >= 0.3 is 29.6 Å². The Kier molecular flexibility index (Phi) is 6.16. The number of carboxylic acid groups (broad SMARTS) is 1. The number of aliphatic hydroxyl groups is 1. The van der Waals surface area contributed by atoms with E-state index in [4.69, 9.17) is 0 Å². The molecule has 7 nitrogen and oxygen atoms in total. The zero-order valence-electron chi connectivity index (χ0n) is 13.1. The maximum atomic E-state index is 12.5. The fraction of sp³-hybridized carbons (Fsp3) is 0.357. The van der Waals surface area contributed by atoms with E-state index in [2.05, 4.69) is 0 Å². The third-order valence-electron chi connectivity index (χ3n) is 3.76. The van der Waals surface area contributed by atoms with Crippen molar-refractivity contribution in [2.75, 3.05) is 17.3 Å². The van der Waals surface area contributed by atoms with Crippen molar-refractivity contribution in [3.8, 4) is 0 Å². The quantitative estimate of drug-likeness (QED) is 0.430. The average molecular weight is 376 g/mol. The molecule has 0 aromatic carbocycles. The zero-order valence-corrected chi connectivity index (χ0v) is 16.7. The van der Waals surface area contributed by atoms with Gasteiger partial charge in [0.25, 0.3) is 5.91 Å². The molecule has 1 fully saturated rings. The van der Waals surface area contributed by atoms with Crippen LogP contribution in [0.15, 0.2) is 28.8 Å². The van der Waals surface area contributed by atoms with Crippen molar-refractivity contribution >= 4 is 45.9 Å². The van der Waals surface area contributed by atoms with Crippen molar-refractivity contribution in [3.63, 3.8) is 0 Å². The van der Waals surface area contributed by atoms with E-state index >= 15 is 0 Å². The molecule has 10 heteroatoms. The number of amides is 2. The van der Waals surface area contributed by atoms with E-state index in [0.717, 1.165) is 4.90 Å². The molecule has 0 bridgehead atoms. The predicted molar refractivity (Wildman–Crippen MR) is 83.5 cm³/mol. The Morgan fingerprint density at radius 2 is 2.21 bits per heavy atom. The Morgan fingerprint density at radius 1 is 1.50 bits per heavy atom. The molecule has 0 saturated carbocycles. The smallest absolute Gasteiger partial charge is 0.543 e. The van der Waals surface area contributed by atoms with Gasteiger partial charge in [-0.1, -0.05) is 0 Å². The van der Waals surface area contributed by atoms with Crippen LogP contribution in [-0.2, 0) is 14.4 Å². The Labute approximate surface area is 168 Å². The second-order valence-electron chi connectivity index (χ2n) is 5.09. The number of β-lactam (4-membered cyclic amide) rings is 1. The summed E-state index contributed by atoms with van der Waals surface area (Å²) in [6, 6.07) is 2.77. The molecule has 122 valence electrons. The van der Waals surface area contributed by atoms with E-state index in [1.165, 1.54) is 34.9 Å². The summed E-state index contributed by atoms with van der Waals surface area (Å²) in [7, 11) is 0. The molecule has 2 atom stereocenters. The van der Waals surface area contributed by atoms with Gasteiger partial charge in [-0.05, 0) is 23.1 Å². The molecule has 0 spiro atoms. The third kappa shape index (κ3) is 3.04. The van der Waals surface area contributed by atoms with Gasteiger partial charge in [0, 0.05) is 12.7 Å². The number of hydrogen-bond acceptors (Lipinski definition) is 7. The van der Waals surface area contributed by atoms with Gasteiger partial charge in [0.15, 0.2) is 0 Å². The van der Waals surface area contributed by atoms with Gasteiger partial charge in [-0.3, -0.25) is 19.4 Å². The summed E-state index contributed by atoms with van der Waals surface area (Å²) in [6.45, 7) is 0.927. The SMILES string of the molecule is CC(=O)N(c1cccs1)[C@@H]1C(=O)N2C(C(=O)[O-])=C(CO)CS[C@@H]12.[Na+]. The molecular formula is C14H13N2NaO5S2. The van der Waals surface area contributed by atoms with Crippen LogP contribution in [-0.4, -0.2) is 51.6 Å². The van der Waals surface area contributed by atoms with Crippen molar-refractivity contribution in [3.05, 3.63) is 28.8 Å². The van der Waals surface area contributed by atoms with Gasteiger partial charge < -0.3 is 15.0 Å². The van der Waals surface area contributed by atoms with Crippen LogP contribution in [0.2, 0.25) is 0 Å². The number of hydrogen-bond donors (Lipinski definition) is 1. The number of carbonyl (C=O) groups excluding carboxylic acids is 3. The molecule has 0 radical (unpaired) electrons. The number of aliphatic hydroxyl groups excluding tert-OH is 1. The number of thioether (sulfide) groups is 1. The molecule has 1 saturated heterocycles. The van der Waals surface area contributed by atoms with Gasteiger partial charge in [-0.2, -0.15) is 0 Å². The van der Waals surface area contributed by atoms with E-state index in [0.29, 0.717) is 5.00 Å². The third-order valence-corrected chi connectivity index (χ3v) is 5.96. The molecule has 3 heterocycles. The predicted octanol–water partition coefficient (Wildman–Crippen LogP) is -3.61. The molecule has 1 aromatic heterocycles. The Balaban J connectivity index is 0.00000208. The maximum Gasteiger partial charge on any atom is 1.00 e. The number of aliphatic carboxylic acids is 1. The normalized spacial score (nSPS) is 22.4. The molecule has 2 aliphatic rings. The first-order valence-electron chi connectivity index (χ1n) is 6.79. The van der Waals surface area contributed by atoms with Crippen LogP contribution in [0.1, 0.15) is 6.92 Å². The Bertz CT molecular complexity index is 706. The van der Waals surface area contributed by atoms with Gasteiger partial charge in [-0.25, -0.2) is 0 Å². The maximum absolute atomic E-state index is 12.5. The summed E-state index contributed by atoms with van der Waals surface area (Å²) in [4.78, 5) is 38.4. The van der Waals surface area contributed by atoms with Gasteiger partial charge in [-0.15, -0.1) is 23.1 Å². The largest absolute Gasteiger partial charge is 1.00 e. The van der Waals surface area contributed by atoms with Crippen molar-refractivity contribution < 1.29 is 54.2 Å². The molecule has 2 amide bonds. The van der Waals surface area contributed by atoms with Crippen LogP contribution >= 0.6 is 23.1 Å². The van der Waals surface area contributed by atoms with Gasteiger partial charge in [0.2, 0.25) is 5.91 Å². The van der Waals surface area contributed by atoms with Crippen molar-refractivity contribution in [1.82, 2.24) is 4.90 Å².